The number of carbonyl (C=O) groups excluding carboxylic acids is 1. The number of quaternary nitrogens is 1. The predicted octanol–water partition coefficient (Wildman–Crippen LogP) is 4.62. The van der Waals surface area contributed by atoms with Crippen LogP contribution >= 0.6 is 0 Å². The molecule has 2 aromatic rings. The number of benzene rings is 2. The predicted molar refractivity (Wildman–Crippen MR) is 96.2 cm³/mol. The Morgan fingerprint density at radius 2 is 1.70 bits per heavy atom. The summed E-state index contributed by atoms with van der Waals surface area (Å²) in [4.78, 5) is 12.0. The van der Waals surface area contributed by atoms with Gasteiger partial charge in [-0.05, 0) is 30.2 Å². The molecule has 0 saturated heterocycles. The summed E-state index contributed by atoms with van der Waals surface area (Å²) < 4.78 is 6.10. The summed E-state index contributed by atoms with van der Waals surface area (Å²) in [5.74, 6) is 0.959. The van der Waals surface area contributed by atoms with Crippen LogP contribution in [0.5, 0.6) is 5.75 Å². The molecule has 122 valence electrons. The van der Waals surface area contributed by atoms with Crippen molar-refractivity contribution in [3.05, 3.63) is 54.1 Å². The number of hydrogen-bond donors (Lipinski definition) is 1. The normalized spacial score (nSPS) is 11.4. The summed E-state index contributed by atoms with van der Waals surface area (Å²) in [6, 6.07) is 15.1. The SMILES string of the molecule is CC(C)c1ccc(OC(=O)Nc2ccccc2)cc1[N+](C)(C)C. The first-order chi connectivity index (χ1) is 10.8. The minimum absolute atomic E-state index is 0.412. The van der Waals surface area contributed by atoms with Crippen LogP contribution in [-0.4, -0.2) is 27.2 Å². The number of anilines is 1. The number of carbonyl (C=O) groups is 1. The van der Waals surface area contributed by atoms with Gasteiger partial charge in [-0.3, -0.25) is 9.80 Å². The van der Waals surface area contributed by atoms with Crippen molar-refractivity contribution in [2.75, 3.05) is 26.5 Å². The number of ether oxygens (including phenoxy) is 1. The quantitative estimate of drug-likeness (QED) is 0.837. The summed E-state index contributed by atoms with van der Waals surface area (Å²) in [6.07, 6.45) is -0.485. The van der Waals surface area contributed by atoms with Gasteiger partial charge < -0.3 is 4.74 Å². The summed E-state index contributed by atoms with van der Waals surface area (Å²) in [6.45, 7) is 4.33. The van der Waals surface area contributed by atoms with Gasteiger partial charge in [-0.1, -0.05) is 32.0 Å². The Hall–Kier alpha value is -2.33. The van der Waals surface area contributed by atoms with E-state index in [1.165, 1.54) is 5.56 Å². The third-order valence-electron chi connectivity index (χ3n) is 3.58. The van der Waals surface area contributed by atoms with Crippen molar-refractivity contribution in [3.63, 3.8) is 0 Å². The van der Waals surface area contributed by atoms with E-state index in [9.17, 15) is 4.79 Å². The van der Waals surface area contributed by atoms with Gasteiger partial charge in [-0.25, -0.2) is 4.79 Å². The maximum absolute atomic E-state index is 12.0. The number of amides is 1. The van der Waals surface area contributed by atoms with Crippen LogP contribution in [0.15, 0.2) is 48.5 Å². The molecule has 2 rings (SSSR count). The lowest BCUT2D eigenvalue weighted by molar-refractivity contribution is 0.215. The molecule has 0 spiro atoms. The Morgan fingerprint density at radius 3 is 2.26 bits per heavy atom. The molecule has 0 saturated carbocycles. The molecule has 4 heteroatoms. The van der Waals surface area contributed by atoms with Gasteiger partial charge in [0.25, 0.3) is 0 Å². The van der Waals surface area contributed by atoms with E-state index >= 15 is 0 Å². The minimum Gasteiger partial charge on any atom is -0.410 e. The lowest BCUT2D eigenvalue weighted by atomic mass is 9.99. The molecule has 0 unspecified atom stereocenters. The number of rotatable bonds is 4. The second kappa shape index (κ2) is 6.84. The number of hydrogen-bond acceptors (Lipinski definition) is 2. The number of para-hydroxylation sites is 1. The smallest absolute Gasteiger partial charge is 0.410 e. The number of nitrogens with one attached hydrogen (secondary N) is 1. The van der Waals surface area contributed by atoms with Crippen molar-refractivity contribution < 1.29 is 9.53 Å². The van der Waals surface area contributed by atoms with Crippen LogP contribution in [0.2, 0.25) is 0 Å². The fraction of sp³-hybridized carbons (Fsp3) is 0.316. The highest BCUT2D eigenvalue weighted by Crippen LogP contribution is 2.33. The van der Waals surface area contributed by atoms with Crippen molar-refractivity contribution in [1.82, 2.24) is 4.48 Å². The second-order valence-corrected chi connectivity index (χ2v) is 6.77. The Balaban J connectivity index is 2.19. The van der Waals surface area contributed by atoms with Gasteiger partial charge in [0.15, 0.2) is 0 Å². The molecule has 0 heterocycles. The van der Waals surface area contributed by atoms with Crippen molar-refractivity contribution in [1.29, 1.82) is 0 Å². The van der Waals surface area contributed by atoms with E-state index in [0.717, 1.165) is 5.69 Å². The van der Waals surface area contributed by atoms with Crippen LogP contribution in [-0.2, 0) is 0 Å². The van der Waals surface area contributed by atoms with Crippen LogP contribution in [0, 0.1) is 0 Å². The third-order valence-corrected chi connectivity index (χ3v) is 3.58. The molecule has 4 nitrogen and oxygen atoms in total. The van der Waals surface area contributed by atoms with E-state index < -0.39 is 6.09 Å². The molecule has 0 aromatic heterocycles. The van der Waals surface area contributed by atoms with Gasteiger partial charge in [0.1, 0.15) is 11.4 Å². The molecule has 0 bridgehead atoms. The molecule has 1 N–H and O–H groups in total. The molecule has 23 heavy (non-hydrogen) atoms. The first-order valence-corrected chi connectivity index (χ1v) is 7.77. The van der Waals surface area contributed by atoms with Crippen LogP contribution < -0.4 is 14.5 Å². The molecular weight excluding hydrogens is 288 g/mol. The Labute approximate surface area is 138 Å². The van der Waals surface area contributed by atoms with Gasteiger partial charge in [-0.15, -0.1) is 0 Å². The van der Waals surface area contributed by atoms with E-state index in [2.05, 4.69) is 40.3 Å². The zero-order valence-corrected chi connectivity index (χ0v) is 14.5. The summed E-state index contributed by atoms with van der Waals surface area (Å²) in [5, 5.41) is 2.72. The van der Waals surface area contributed by atoms with Gasteiger partial charge in [0.05, 0.1) is 21.1 Å². The lowest BCUT2D eigenvalue weighted by Crippen LogP contribution is -2.36. The van der Waals surface area contributed by atoms with Gasteiger partial charge in [0.2, 0.25) is 0 Å². The maximum atomic E-state index is 12.0. The Bertz CT molecular complexity index is 674. The van der Waals surface area contributed by atoms with E-state index in [4.69, 9.17) is 4.74 Å². The zero-order chi connectivity index (χ0) is 17.0. The maximum Gasteiger partial charge on any atom is 0.417 e. The summed E-state index contributed by atoms with van der Waals surface area (Å²) in [7, 11) is 6.32. The van der Waals surface area contributed by atoms with Crippen LogP contribution in [0.25, 0.3) is 0 Å². The average Bonchev–Trinajstić information content (AvgIpc) is 2.47. The van der Waals surface area contributed by atoms with Gasteiger partial charge in [-0.2, -0.15) is 0 Å². The van der Waals surface area contributed by atoms with Crippen molar-refractivity contribution >= 4 is 17.5 Å². The Morgan fingerprint density at radius 1 is 1.04 bits per heavy atom. The highest BCUT2D eigenvalue weighted by atomic mass is 16.6. The highest BCUT2D eigenvalue weighted by Gasteiger charge is 2.21. The minimum atomic E-state index is -0.485. The van der Waals surface area contributed by atoms with E-state index in [1.54, 1.807) is 0 Å². The molecular formula is C19H25N2O2+. The van der Waals surface area contributed by atoms with E-state index in [1.807, 2.05) is 48.5 Å². The molecule has 0 aliphatic carbocycles. The molecule has 2 aromatic carbocycles. The van der Waals surface area contributed by atoms with Crippen molar-refractivity contribution in [3.8, 4) is 5.75 Å². The van der Waals surface area contributed by atoms with Crippen molar-refractivity contribution in [2.24, 2.45) is 0 Å². The molecule has 0 atom stereocenters. The standard InChI is InChI=1S/C19H24N2O2/c1-14(2)17-12-11-16(13-18(17)21(3,4)5)23-19(22)20-15-9-7-6-8-10-15/h6-14H,1-5H3/p+1. The molecule has 1 amide bonds. The van der Waals surface area contributed by atoms with Crippen LogP contribution in [0.4, 0.5) is 16.2 Å². The molecule has 0 aliphatic rings. The monoisotopic (exact) mass is 313 g/mol. The average molecular weight is 313 g/mol. The lowest BCUT2D eigenvalue weighted by Gasteiger charge is -2.27. The largest absolute Gasteiger partial charge is 0.417 e. The first kappa shape index (κ1) is 17.0. The molecule has 0 aliphatic heterocycles. The van der Waals surface area contributed by atoms with Crippen LogP contribution in [0.1, 0.15) is 25.3 Å². The fourth-order valence-electron chi connectivity index (χ4n) is 2.43. The molecule has 0 fully saturated rings. The highest BCUT2D eigenvalue weighted by molar-refractivity contribution is 5.86. The van der Waals surface area contributed by atoms with Crippen molar-refractivity contribution in [2.45, 2.75) is 19.8 Å². The molecule has 0 radical (unpaired) electrons. The van der Waals surface area contributed by atoms with Gasteiger partial charge in [0, 0.05) is 17.3 Å². The van der Waals surface area contributed by atoms with Crippen LogP contribution in [0.3, 0.4) is 0 Å². The number of nitrogens with zero attached hydrogens (tertiary/aromatic N) is 1. The third kappa shape index (κ3) is 4.57. The summed E-state index contributed by atoms with van der Waals surface area (Å²) in [5.41, 5.74) is 3.11. The zero-order valence-electron chi connectivity index (χ0n) is 14.5. The van der Waals surface area contributed by atoms with E-state index in [-0.39, 0.29) is 0 Å². The Kier molecular flexibility index (Phi) is 5.06. The van der Waals surface area contributed by atoms with E-state index in [0.29, 0.717) is 21.8 Å². The first-order valence-electron chi connectivity index (χ1n) is 7.77. The second-order valence-electron chi connectivity index (χ2n) is 6.77. The van der Waals surface area contributed by atoms with Gasteiger partial charge >= 0.3 is 6.09 Å². The fourth-order valence-corrected chi connectivity index (χ4v) is 2.43. The summed E-state index contributed by atoms with van der Waals surface area (Å²) >= 11 is 0. The topological polar surface area (TPSA) is 38.3 Å².